The molecular weight excluding hydrogens is 648 g/mol. The number of amides is 2. The molecule has 0 saturated carbocycles. The van der Waals surface area contributed by atoms with Gasteiger partial charge in [0.25, 0.3) is 0 Å². The fraction of sp³-hybridized carbons (Fsp3) is 0.519. The third-order valence-corrected chi connectivity index (χ3v) is 13.3. The molecule has 242 valence electrons. The third kappa shape index (κ3) is 4.84. The lowest BCUT2D eigenvalue weighted by Gasteiger charge is -2.43. The van der Waals surface area contributed by atoms with Gasteiger partial charge in [0.05, 0.1) is 22.4 Å². The number of aryl methyl sites for hydroxylation is 1. The molecule has 0 radical (unpaired) electrons. The summed E-state index contributed by atoms with van der Waals surface area (Å²) in [5.41, 5.74) is -8.00. The molecule has 2 amide bonds. The van der Waals surface area contributed by atoms with Crippen LogP contribution in [0, 0.1) is 11.7 Å². The predicted octanol–water partition coefficient (Wildman–Crippen LogP) is 4.95. The standard InChI is InChI=1S/C27H26F8N2O5S2/c1-15-13-43(39,40)14-21(15)36-23(38)37-11-10-24(44(41,42)19-6-4-18(28)5-7-19)20-8-3-17(12-16(20)2-9-22(24)37)25(29,26(30,31)32)27(33,34)35/h3-8,12,15,21-22H,2,9-11,13-14H2,1H3,(H,36,38)/t15?,21?,22-,24-/m1/s1. The van der Waals surface area contributed by atoms with Crippen LogP contribution >= 0.6 is 0 Å². The van der Waals surface area contributed by atoms with Crippen LogP contribution in [0.15, 0.2) is 47.4 Å². The van der Waals surface area contributed by atoms with E-state index in [1.54, 1.807) is 6.92 Å². The summed E-state index contributed by atoms with van der Waals surface area (Å²) in [6, 6.07) is 2.17. The zero-order chi connectivity index (χ0) is 32.7. The number of carbonyl (C=O) groups excluding carboxylic acids is 1. The van der Waals surface area contributed by atoms with Crippen LogP contribution in [0.1, 0.15) is 36.5 Å². The molecule has 2 fully saturated rings. The largest absolute Gasteiger partial charge is 0.435 e. The maximum atomic E-state index is 14.9. The molecule has 5 rings (SSSR count). The number of hydrogen-bond acceptors (Lipinski definition) is 5. The van der Waals surface area contributed by atoms with Crippen molar-refractivity contribution >= 4 is 25.7 Å². The molecule has 7 nitrogen and oxygen atoms in total. The first-order chi connectivity index (χ1) is 20.2. The normalized spacial score (nSPS) is 27.1. The Labute approximate surface area is 247 Å². The summed E-state index contributed by atoms with van der Waals surface area (Å²) >= 11 is 0. The lowest BCUT2D eigenvalue weighted by molar-refractivity contribution is -0.348. The Hall–Kier alpha value is -2.95. The minimum absolute atomic E-state index is 0.175. The van der Waals surface area contributed by atoms with E-state index in [9.17, 15) is 56.8 Å². The second-order valence-corrected chi connectivity index (χ2v) is 15.8. The van der Waals surface area contributed by atoms with Gasteiger partial charge >= 0.3 is 24.1 Å². The predicted molar refractivity (Wildman–Crippen MR) is 140 cm³/mol. The molecule has 44 heavy (non-hydrogen) atoms. The van der Waals surface area contributed by atoms with Crippen LogP contribution < -0.4 is 5.32 Å². The highest BCUT2D eigenvalue weighted by atomic mass is 32.2. The summed E-state index contributed by atoms with van der Waals surface area (Å²) in [6.07, 6.45) is -13.7. The Morgan fingerprint density at radius 2 is 1.59 bits per heavy atom. The van der Waals surface area contributed by atoms with E-state index in [0.717, 1.165) is 30.3 Å². The fourth-order valence-corrected chi connectivity index (χ4v) is 11.2. The smallest absolute Gasteiger partial charge is 0.334 e. The first-order valence-electron chi connectivity index (χ1n) is 13.4. The quantitative estimate of drug-likeness (QED) is 0.366. The average Bonchev–Trinajstić information content (AvgIpc) is 3.43. The van der Waals surface area contributed by atoms with Gasteiger partial charge in [-0.1, -0.05) is 25.1 Å². The van der Waals surface area contributed by atoms with Crippen LogP contribution in [0.25, 0.3) is 0 Å². The minimum atomic E-state index is -6.39. The molecule has 17 heteroatoms. The number of carbonyl (C=O) groups is 1. The molecule has 2 unspecified atom stereocenters. The molecule has 3 aliphatic rings. The first kappa shape index (κ1) is 32.4. The molecular formula is C27H26F8N2O5S2. The van der Waals surface area contributed by atoms with E-state index in [1.165, 1.54) is 4.90 Å². The Morgan fingerprint density at radius 1 is 0.977 bits per heavy atom. The SMILES string of the molecule is CC1CS(=O)(=O)CC1NC(=O)N1CC[C@@]2(S(=O)(=O)c3ccc(F)cc3)c3ccc(C(F)(C(F)(F)F)C(F)(F)F)cc3CC[C@@H]12. The monoisotopic (exact) mass is 674 g/mol. The van der Waals surface area contributed by atoms with Gasteiger partial charge < -0.3 is 10.2 Å². The lowest BCUT2D eigenvalue weighted by atomic mass is 9.77. The Morgan fingerprint density at radius 3 is 2.14 bits per heavy atom. The van der Waals surface area contributed by atoms with Crippen molar-refractivity contribution in [2.24, 2.45) is 5.92 Å². The van der Waals surface area contributed by atoms with E-state index in [0.29, 0.717) is 6.07 Å². The highest BCUT2D eigenvalue weighted by molar-refractivity contribution is 7.92. The first-order valence-corrected chi connectivity index (χ1v) is 16.7. The van der Waals surface area contributed by atoms with E-state index in [-0.39, 0.29) is 54.5 Å². The van der Waals surface area contributed by atoms with Gasteiger partial charge in [-0.2, -0.15) is 26.3 Å². The van der Waals surface area contributed by atoms with Crippen LogP contribution in [-0.4, -0.2) is 70.3 Å². The summed E-state index contributed by atoms with van der Waals surface area (Å²) in [5, 5.41) is 2.63. The number of nitrogens with zero attached hydrogens (tertiary/aromatic N) is 1. The average molecular weight is 675 g/mol. The molecule has 0 aromatic heterocycles. The zero-order valence-corrected chi connectivity index (χ0v) is 24.5. The van der Waals surface area contributed by atoms with E-state index in [2.05, 4.69) is 5.32 Å². The van der Waals surface area contributed by atoms with Crippen molar-refractivity contribution < 1.29 is 56.8 Å². The van der Waals surface area contributed by atoms with Gasteiger partial charge in [0.2, 0.25) is 0 Å². The van der Waals surface area contributed by atoms with Crippen LogP contribution in [0.5, 0.6) is 0 Å². The van der Waals surface area contributed by atoms with Crippen molar-refractivity contribution in [2.45, 2.75) is 65.9 Å². The molecule has 0 bridgehead atoms. The molecule has 2 saturated heterocycles. The maximum Gasteiger partial charge on any atom is 0.435 e. The third-order valence-electron chi connectivity index (χ3n) is 8.88. The zero-order valence-electron chi connectivity index (χ0n) is 22.8. The van der Waals surface area contributed by atoms with Gasteiger partial charge in [-0.3, -0.25) is 0 Å². The van der Waals surface area contributed by atoms with Gasteiger partial charge in [-0.25, -0.2) is 30.4 Å². The van der Waals surface area contributed by atoms with Crippen LogP contribution in [-0.2, 0) is 36.5 Å². The highest BCUT2D eigenvalue weighted by Gasteiger charge is 2.74. The van der Waals surface area contributed by atoms with E-state index >= 15 is 0 Å². The Bertz CT molecular complexity index is 1680. The minimum Gasteiger partial charge on any atom is -0.334 e. The number of halogens is 8. The van der Waals surface area contributed by atoms with Crippen molar-refractivity contribution in [3.63, 3.8) is 0 Å². The number of fused-ring (bicyclic) bond motifs is 3. The Balaban J connectivity index is 1.63. The molecule has 0 spiro atoms. The molecule has 4 atom stereocenters. The molecule has 2 aliphatic heterocycles. The highest BCUT2D eigenvalue weighted by Crippen LogP contribution is 2.56. The van der Waals surface area contributed by atoms with Gasteiger partial charge in [-0.15, -0.1) is 0 Å². The Kier molecular flexibility index (Phi) is 7.59. The second-order valence-electron chi connectivity index (χ2n) is 11.5. The van der Waals surface area contributed by atoms with Gasteiger partial charge in [0.15, 0.2) is 19.7 Å². The number of sulfone groups is 2. The van der Waals surface area contributed by atoms with Crippen LogP contribution in [0.2, 0.25) is 0 Å². The maximum absolute atomic E-state index is 14.9. The fourth-order valence-electron chi connectivity index (χ4n) is 6.75. The van der Waals surface area contributed by atoms with E-state index < -0.39 is 82.8 Å². The molecule has 2 aromatic carbocycles. The van der Waals surface area contributed by atoms with Crippen LogP contribution in [0.4, 0.5) is 39.9 Å². The number of hydrogen-bond donors (Lipinski definition) is 1. The van der Waals surface area contributed by atoms with Gasteiger partial charge in [0.1, 0.15) is 10.6 Å². The molecule has 2 heterocycles. The number of benzene rings is 2. The number of nitrogens with one attached hydrogen (secondary N) is 1. The summed E-state index contributed by atoms with van der Waals surface area (Å²) in [6.45, 7) is 1.38. The number of rotatable bonds is 4. The summed E-state index contributed by atoms with van der Waals surface area (Å²) in [7, 11) is -8.08. The number of alkyl halides is 7. The van der Waals surface area contributed by atoms with Crippen molar-refractivity contribution in [2.75, 3.05) is 18.1 Å². The van der Waals surface area contributed by atoms with Crippen molar-refractivity contribution in [1.82, 2.24) is 10.2 Å². The van der Waals surface area contributed by atoms with Crippen molar-refractivity contribution in [1.29, 1.82) is 0 Å². The molecule has 2 aromatic rings. The summed E-state index contributed by atoms with van der Waals surface area (Å²) in [5.74, 6) is -1.75. The number of urea groups is 1. The topological polar surface area (TPSA) is 101 Å². The summed E-state index contributed by atoms with van der Waals surface area (Å²) < 4.78 is 160. The molecule has 1 N–H and O–H groups in total. The van der Waals surface area contributed by atoms with E-state index in [1.807, 2.05) is 0 Å². The lowest BCUT2D eigenvalue weighted by Crippen LogP contribution is -2.55. The number of likely N-dealkylation sites (tertiary alicyclic amines) is 1. The van der Waals surface area contributed by atoms with E-state index in [4.69, 9.17) is 0 Å². The second kappa shape index (κ2) is 10.3. The van der Waals surface area contributed by atoms with Crippen LogP contribution in [0.3, 0.4) is 0 Å². The molecule has 1 aliphatic carbocycles. The summed E-state index contributed by atoms with van der Waals surface area (Å²) in [4.78, 5) is 14.2. The van der Waals surface area contributed by atoms with Crippen molar-refractivity contribution in [3.05, 3.63) is 65.0 Å². The van der Waals surface area contributed by atoms with Gasteiger partial charge in [0, 0.05) is 18.2 Å². The van der Waals surface area contributed by atoms with Crippen molar-refractivity contribution in [3.8, 4) is 0 Å². The van der Waals surface area contributed by atoms with Gasteiger partial charge in [-0.05, 0) is 60.6 Å².